The van der Waals surface area contributed by atoms with Crippen molar-refractivity contribution in [3.63, 3.8) is 0 Å². The molecule has 0 aliphatic rings. The van der Waals surface area contributed by atoms with Gasteiger partial charge in [-0.25, -0.2) is 4.79 Å². The number of likely N-dealkylation sites (N-methyl/N-ethyl adjacent to an activating group) is 1. The smallest absolute Gasteiger partial charge is 0.329 e. The third-order valence-electron chi connectivity index (χ3n) is 3.67. The van der Waals surface area contributed by atoms with Crippen molar-refractivity contribution < 1.29 is 24.2 Å². The highest BCUT2D eigenvalue weighted by Gasteiger charge is 2.39. The maximum atomic E-state index is 11.6. The number of amides is 1. The first-order valence-electron chi connectivity index (χ1n) is 6.45. The molecule has 0 saturated carbocycles. The van der Waals surface area contributed by atoms with Gasteiger partial charge in [0.2, 0.25) is 5.91 Å². The number of methoxy groups -OCH3 is 2. The van der Waals surface area contributed by atoms with Crippen molar-refractivity contribution in [2.24, 2.45) is 0 Å². The number of carboxylic acid groups (broad SMARTS) is 1. The third kappa shape index (κ3) is 3.45. The summed E-state index contributed by atoms with van der Waals surface area (Å²) in [5.74, 6) is -0.276. The number of hydrogen-bond donors (Lipinski definition) is 1. The molecule has 0 spiro atoms. The van der Waals surface area contributed by atoms with Crippen LogP contribution in [0.3, 0.4) is 0 Å². The maximum absolute atomic E-state index is 11.6. The van der Waals surface area contributed by atoms with Crippen LogP contribution in [0.2, 0.25) is 0 Å². The second-order valence-electron chi connectivity index (χ2n) is 5.02. The zero-order valence-electron chi connectivity index (χ0n) is 13.0. The summed E-state index contributed by atoms with van der Waals surface area (Å²) >= 11 is 0. The second-order valence-corrected chi connectivity index (χ2v) is 5.02. The fourth-order valence-electron chi connectivity index (χ4n) is 2.07. The molecule has 1 N–H and O–H groups in total. The van der Waals surface area contributed by atoms with Crippen LogP contribution in [0.15, 0.2) is 18.2 Å². The van der Waals surface area contributed by atoms with Crippen LogP contribution in [0, 0.1) is 0 Å². The van der Waals surface area contributed by atoms with Crippen molar-refractivity contribution in [1.82, 2.24) is 4.90 Å². The Bertz CT molecular complexity index is 543. The summed E-state index contributed by atoms with van der Waals surface area (Å²) < 4.78 is 10.4. The topological polar surface area (TPSA) is 76.1 Å². The summed E-state index contributed by atoms with van der Waals surface area (Å²) in [6.45, 7) is 2.86. The van der Waals surface area contributed by atoms with Crippen molar-refractivity contribution in [2.45, 2.75) is 25.8 Å². The molecule has 6 heteroatoms. The SMILES string of the molecule is COc1ccc(CC(C)(C(=O)O)N(C)C(C)=O)cc1OC. The Kier molecular flexibility index (Phi) is 5.18. The average molecular weight is 295 g/mol. The Morgan fingerprint density at radius 2 is 1.81 bits per heavy atom. The molecule has 0 saturated heterocycles. The fraction of sp³-hybridized carbons (Fsp3) is 0.467. The minimum atomic E-state index is -1.33. The Hall–Kier alpha value is -2.24. The van der Waals surface area contributed by atoms with Crippen LogP contribution in [0.1, 0.15) is 19.4 Å². The maximum Gasteiger partial charge on any atom is 0.329 e. The molecule has 1 atom stereocenters. The summed E-state index contributed by atoms with van der Waals surface area (Å²) in [4.78, 5) is 24.4. The largest absolute Gasteiger partial charge is 0.493 e. The third-order valence-corrected chi connectivity index (χ3v) is 3.67. The van der Waals surface area contributed by atoms with Crippen LogP contribution >= 0.6 is 0 Å². The number of benzene rings is 1. The molecule has 0 aromatic heterocycles. The Morgan fingerprint density at radius 1 is 1.24 bits per heavy atom. The number of aliphatic carboxylic acids is 1. The van der Waals surface area contributed by atoms with Crippen LogP contribution in [-0.2, 0) is 16.0 Å². The first kappa shape index (κ1) is 16.8. The van der Waals surface area contributed by atoms with E-state index in [-0.39, 0.29) is 12.3 Å². The highest BCUT2D eigenvalue weighted by Crippen LogP contribution is 2.30. The molecule has 1 amide bonds. The molecule has 1 aromatic carbocycles. The zero-order chi connectivity index (χ0) is 16.2. The molecule has 6 nitrogen and oxygen atoms in total. The van der Waals surface area contributed by atoms with E-state index in [0.717, 1.165) is 5.56 Å². The van der Waals surface area contributed by atoms with E-state index in [9.17, 15) is 14.7 Å². The first-order valence-corrected chi connectivity index (χ1v) is 6.45. The van der Waals surface area contributed by atoms with E-state index in [4.69, 9.17) is 9.47 Å². The molecule has 1 rings (SSSR count). The number of carbonyl (C=O) groups is 2. The number of ether oxygens (including phenoxy) is 2. The average Bonchev–Trinajstić information content (AvgIpc) is 2.45. The molecule has 1 unspecified atom stereocenters. The molecule has 0 aliphatic heterocycles. The summed E-state index contributed by atoms with van der Waals surface area (Å²) in [6, 6.07) is 5.19. The molecule has 1 aromatic rings. The lowest BCUT2D eigenvalue weighted by molar-refractivity contribution is -0.155. The molecule has 116 valence electrons. The summed E-state index contributed by atoms with van der Waals surface area (Å²) in [7, 11) is 4.53. The van der Waals surface area contributed by atoms with E-state index in [1.165, 1.54) is 40.0 Å². The number of carboxylic acids is 1. The van der Waals surface area contributed by atoms with Gasteiger partial charge in [0.1, 0.15) is 5.54 Å². The van der Waals surface area contributed by atoms with Crippen LogP contribution in [-0.4, -0.2) is 48.7 Å². The van der Waals surface area contributed by atoms with E-state index in [2.05, 4.69) is 0 Å². The molecule has 0 radical (unpaired) electrons. The molecule has 21 heavy (non-hydrogen) atoms. The monoisotopic (exact) mass is 295 g/mol. The summed E-state index contributed by atoms with van der Waals surface area (Å²) in [5, 5.41) is 9.49. The van der Waals surface area contributed by atoms with Gasteiger partial charge in [0.05, 0.1) is 14.2 Å². The Labute approximate surface area is 124 Å². The van der Waals surface area contributed by atoms with Crippen LogP contribution in [0.25, 0.3) is 0 Å². The van der Waals surface area contributed by atoms with Crippen LogP contribution < -0.4 is 9.47 Å². The van der Waals surface area contributed by atoms with Crippen LogP contribution in [0.5, 0.6) is 11.5 Å². The lowest BCUT2D eigenvalue weighted by Crippen LogP contribution is -2.54. The van der Waals surface area contributed by atoms with Crippen molar-refractivity contribution >= 4 is 11.9 Å². The van der Waals surface area contributed by atoms with Crippen LogP contribution in [0.4, 0.5) is 0 Å². The van der Waals surface area contributed by atoms with Gasteiger partial charge in [-0.1, -0.05) is 6.07 Å². The van der Waals surface area contributed by atoms with Gasteiger partial charge < -0.3 is 19.5 Å². The minimum Gasteiger partial charge on any atom is -0.493 e. The zero-order valence-corrected chi connectivity index (χ0v) is 13.0. The van der Waals surface area contributed by atoms with Crippen molar-refractivity contribution in [1.29, 1.82) is 0 Å². The summed E-state index contributed by atoms with van der Waals surface area (Å²) in [6.07, 6.45) is 0.165. The Morgan fingerprint density at radius 3 is 2.24 bits per heavy atom. The van der Waals surface area contributed by atoms with E-state index in [1.54, 1.807) is 18.2 Å². The number of hydrogen-bond acceptors (Lipinski definition) is 4. The van der Waals surface area contributed by atoms with Gasteiger partial charge in [0.15, 0.2) is 11.5 Å². The normalized spacial score (nSPS) is 13.2. The van der Waals surface area contributed by atoms with E-state index >= 15 is 0 Å². The highest BCUT2D eigenvalue weighted by atomic mass is 16.5. The minimum absolute atomic E-state index is 0.165. The van der Waals surface area contributed by atoms with Crippen molar-refractivity contribution in [3.8, 4) is 11.5 Å². The van der Waals surface area contributed by atoms with Gasteiger partial charge >= 0.3 is 5.97 Å². The molecule has 0 aliphatic carbocycles. The predicted molar refractivity (Wildman–Crippen MR) is 77.7 cm³/mol. The van der Waals surface area contributed by atoms with E-state index < -0.39 is 11.5 Å². The molecule has 0 fully saturated rings. The van der Waals surface area contributed by atoms with E-state index in [1.807, 2.05) is 0 Å². The Balaban J connectivity index is 3.16. The number of carbonyl (C=O) groups excluding carboxylic acids is 1. The van der Waals surface area contributed by atoms with E-state index in [0.29, 0.717) is 11.5 Å². The number of nitrogens with zero attached hydrogens (tertiary/aromatic N) is 1. The fourth-order valence-corrected chi connectivity index (χ4v) is 2.07. The quantitative estimate of drug-likeness (QED) is 0.862. The standard InChI is InChI=1S/C15H21NO5/c1-10(17)16(3)15(2,14(18)19)9-11-6-7-12(20-4)13(8-11)21-5/h6-8H,9H2,1-5H3,(H,18,19). The van der Waals surface area contributed by atoms with Gasteiger partial charge in [-0.2, -0.15) is 0 Å². The first-order chi connectivity index (χ1) is 9.76. The van der Waals surface area contributed by atoms with Gasteiger partial charge in [-0.05, 0) is 24.6 Å². The molecular weight excluding hydrogens is 274 g/mol. The lowest BCUT2D eigenvalue weighted by Gasteiger charge is -2.34. The van der Waals surface area contributed by atoms with Gasteiger partial charge in [-0.15, -0.1) is 0 Å². The summed E-state index contributed by atoms with van der Waals surface area (Å²) in [5.41, 5.74) is -0.587. The molecule has 0 bridgehead atoms. The van der Waals surface area contributed by atoms with Gasteiger partial charge in [0, 0.05) is 20.4 Å². The van der Waals surface area contributed by atoms with Gasteiger partial charge in [-0.3, -0.25) is 4.79 Å². The molecular formula is C15H21NO5. The lowest BCUT2D eigenvalue weighted by atomic mass is 9.91. The van der Waals surface area contributed by atoms with Crippen molar-refractivity contribution in [2.75, 3.05) is 21.3 Å². The molecule has 0 heterocycles. The van der Waals surface area contributed by atoms with Crippen molar-refractivity contribution in [3.05, 3.63) is 23.8 Å². The van der Waals surface area contributed by atoms with Gasteiger partial charge in [0.25, 0.3) is 0 Å². The highest BCUT2D eigenvalue weighted by molar-refractivity contribution is 5.85. The predicted octanol–water partition coefficient (Wildman–Crippen LogP) is 1.57. The second kappa shape index (κ2) is 6.47. The number of rotatable bonds is 6.